The van der Waals surface area contributed by atoms with Gasteiger partial charge in [-0.25, -0.2) is 0 Å². The van der Waals surface area contributed by atoms with Crippen molar-refractivity contribution >= 4 is 11.8 Å². The lowest BCUT2D eigenvalue weighted by Gasteiger charge is -2.27. The summed E-state index contributed by atoms with van der Waals surface area (Å²) in [7, 11) is 0. The van der Waals surface area contributed by atoms with E-state index in [0.29, 0.717) is 0 Å². The van der Waals surface area contributed by atoms with Crippen molar-refractivity contribution in [3.63, 3.8) is 0 Å². The molecule has 0 heterocycles. The average molecular weight is 308 g/mol. The summed E-state index contributed by atoms with van der Waals surface area (Å²) in [4.78, 5) is 0. The third kappa shape index (κ3) is 5.55. The van der Waals surface area contributed by atoms with Crippen LogP contribution in [0.2, 0.25) is 0 Å². The summed E-state index contributed by atoms with van der Waals surface area (Å²) in [6.45, 7) is 6.46. The minimum atomic E-state index is 0.125. The molecule has 3 atom stereocenters. The van der Waals surface area contributed by atoms with E-state index in [1.54, 1.807) is 0 Å². The van der Waals surface area contributed by atoms with Gasteiger partial charge in [-0.1, -0.05) is 31.9 Å². The average Bonchev–Trinajstić information content (AvgIpc) is 2.45. The zero-order chi connectivity index (χ0) is 15.2. The highest BCUT2D eigenvalue weighted by Gasteiger charge is 2.20. The first-order valence-electron chi connectivity index (χ1n) is 8.18. The predicted octanol–water partition coefficient (Wildman–Crippen LogP) is 4.79. The molecule has 0 spiro atoms. The fraction of sp³-hybridized carbons (Fsp3) is 0.667. The molecule has 1 aromatic carbocycles. The molecule has 118 valence electrons. The number of hydrogen-bond donors (Lipinski definition) is 1. The zero-order valence-corrected chi connectivity index (χ0v) is 14.4. The minimum Gasteiger partial charge on any atom is -0.491 e. The van der Waals surface area contributed by atoms with Crippen molar-refractivity contribution in [2.75, 3.05) is 5.75 Å². The van der Waals surface area contributed by atoms with E-state index in [-0.39, 0.29) is 12.1 Å². The number of hydrogen-bond acceptors (Lipinski definition) is 3. The summed E-state index contributed by atoms with van der Waals surface area (Å²) in [6.07, 6.45) is 5.73. The molecular formula is C18H29NOS. The molecule has 21 heavy (non-hydrogen) atoms. The molecule has 0 radical (unpaired) electrons. The van der Waals surface area contributed by atoms with E-state index in [0.717, 1.165) is 22.7 Å². The van der Waals surface area contributed by atoms with Crippen LogP contribution in [-0.4, -0.2) is 17.1 Å². The van der Waals surface area contributed by atoms with Crippen LogP contribution in [0.1, 0.15) is 58.1 Å². The summed E-state index contributed by atoms with van der Waals surface area (Å²) < 4.78 is 5.67. The Labute approximate surface area is 133 Å². The van der Waals surface area contributed by atoms with Crippen LogP contribution < -0.4 is 10.5 Å². The van der Waals surface area contributed by atoms with Crippen LogP contribution in [0.15, 0.2) is 24.3 Å². The Morgan fingerprint density at radius 2 is 1.95 bits per heavy atom. The predicted molar refractivity (Wildman–Crippen MR) is 93.0 cm³/mol. The van der Waals surface area contributed by atoms with Crippen molar-refractivity contribution in [3.8, 4) is 5.75 Å². The smallest absolute Gasteiger partial charge is 0.119 e. The molecule has 2 rings (SSSR count). The molecule has 3 unspecified atom stereocenters. The number of ether oxygens (including phenoxy) is 1. The van der Waals surface area contributed by atoms with Gasteiger partial charge >= 0.3 is 0 Å². The second-order valence-electron chi connectivity index (χ2n) is 6.57. The lowest BCUT2D eigenvalue weighted by atomic mass is 9.91. The maximum Gasteiger partial charge on any atom is 0.119 e. The standard InChI is InChI=1S/C18H29NOS/c1-13(2)20-16-9-7-15(8-10-16)18(19)12-21-17-6-4-5-14(3)11-17/h7-10,13-14,17-18H,4-6,11-12,19H2,1-3H3. The number of rotatable bonds is 6. The van der Waals surface area contributed by atoms with Gasteiger partial charge in [-0.05, 0) is 50.3 Å². The third-order valence-corrected chi connectivity index (χ3v) is 5.53. The van der Waals surface area contributed by atoms with E-state index in [4.69, 9.17) is 10.5 Å². The lowest BCUT2D eigenvalue weighted by molar-refractivity contribution is 0.242. The van der Waals surface area contributed by atoms with Gasteiger partial charge in [0, 0.05) is 17.0 Å². The van der Waals surface area contributed by atoms with Gasteiger partial charge in [0.25, 0.3) is 0 Å². The molecule has 1 fully saturated rings. The molecule has 3 heteroatoms. The largest absolute Gasteiger partial charge is 0.491 e. The van der Waals surface area contributed by atoms with Crippen molar-refractivity contribution in [1.82, 2.24) is 0 Å². The molecule has 0 aliphatic heterocycles. The second-order valence-corrected chi connectivity index (χ2v) is 7.90. The highest BCUT2D eigenvalue weighted by atomic mass is 32.2. The van der Waals surface area contributed by atoms with Gasteiger partial charge in [0.1, 0.15) is 5.75 Å². The van der Waals surface area contributed by atoms with Gasteiger partial charge in [-0.2, -0.15) is 11.8 Å². The van der Waals surface area contributed by atoms with E-state index in [9.17, 15) is 0 Å². The van der Waals surface area contributed by atoms with Crippen LogP contribution in [0.25, 0.3) is 0 Å². The van der Waals surface area contributed by atoms with Crippen LogP contribution >= 0.6 is 11.8 Å². The Hall–Kier alpha value is -0.670. The topological polar surface area (TPSA) is 35.2 Å². The van der Waals surface area contributed by atoms with Gasteiger partial charge in [-0.15, -0.1) is 0 Å². The van der Waals surface area contributed by atoms with E-state index < -0.39 is 0 Å². The van der Waals surface area contributed by atoms with E-state index >= 15 is 0 Å². The van der Waals surface area contributed by atoms with E-state index in [2.05, 4.69) is 30.8 Å². The molecular weight excluding hydrogens is 278 g/mol. The van der Waals surface area contributed by atoms with Crippen LogP contribution in [0.5, 0.6) is 5.75 Å². The van der Waals surface area contributed by atoms with Crippen molar-refractivity contribution in [2.24, 2.45) is 11.7 Å². The van der Waals surface area contributed by atoms with Gasteiger partial charge in [0.2, 0.25) is 0 Å². The fourth-order valence-electron chi connectivity index (χ4n) is 2.93. The summed E-state index contributed by atoms with van der Waals surface area (Å²) in [5.41, 5.74) is 7.55. The van der Waals surface area contributed by atoms with Gasteiger partial charge in [0.15, 0.2) is 0 Å². The molecule has 1 aliphatic rings. The highest BCUT2D eigenvalue weighted by molar-refractivity contribution is 7.99. The summed E-state index contributed by atoms with van der Waals surface area (Å²) >= 11 is 2.06. The van der Waals surface area contributed by atoms with Crippen molar-refractivity contribution < 1.29 is 4.74 Å². The molecule has 1 aliphatic carbocycles. The number of benzene rings is 1. The fourth-order valence-corrected chi connectivity index (χ4v) is 4.40. The maximum atomic E-state index is 6.34. The van der Waals surface area contributed by atoms with Crippen LogP contribution in [0.3, 0.4) is 0 Å². The van der Waals surface area contributed by atoms with Crippen molar-refractivity contribution in [1.29, 1.82) is 0 Å². The first kappa shape index (κ1) is 16.7. The minimum absolute atomic E-state index is 0.125. The van der Waals surface area contributed by atoms with Crippen molar-refractivity contribution in [2.45, 2.75) is 63.9 Å². The van der Waals surface area contributed by atoms with Crippen molar-refractivity contribution in [3.05, 3.63) is 29.8 Å². The molecule has 2 N–H and O–H groups in total. The lowest BCUT2D eigenvalue weighted by Crippen LogP contribution is -2.19. The molecule has 1 aromatic rings. The zero-order valence-electron chi connectivity index (χ0n) is 13.5. The van der Waals surface area contributed by atoms with Crippen LogP contribution in [0, 0.1) is 5.92 Å². The van der Waals surface area contributed by atoms with Crippen LogP contribution in [-0.2, 0) is 0 Å². The van der Waals surface area contributed by atoms with Crippen LogP contribution in [0.4, 0.5) is 0 Å². The SMILES string of the molecule is CC1CCCC(SCC(N)c2ccc(OC(C)C)cc2)C1. The van der Waals surface area contributed by atoms with Gasteiger partial charge in [-0.3, -0.25) is 0 Å². The first-order chi connectivity index (χ1) is 10.0. The Balaban J connectivity index is 1.81. The summed E-state index contributed by atoms with van der Waals surface area (Å²) in [5, 5.41) is 0.809. The Kier molecular flexibility index (Phi) is 6.43. The second kappa shape index (κ2) is 8.09. The molecule has 2 nitrogen and oxygen atoms in total. The summed E-state index contributed by atoms with van der Waals surface area (Å²) in [5.74, 6) is 2.83. The normalized spacial score (nSPS) is 24.0. The maximum absolute atomic E-state index is 6.34. The Bertz CT molecular complexity index is 418. The highest BCUT2D eigenvalue weighted by Crippen LogP contribution is 2.33. The molecule has 0 amide bonds. The number of thioether (sulfide) groups is 1. The summed E-state index contributed by atoms with van der Waals surface area (Å²) in [6, 6.07) is 8.39. The van der Waals surface area contributed by atoms with E-state index in [1.165, 1.54) is 31.2 Å². The molecule has 0 aromatic heterocycles. The number of nitrogens with two attached hydrogens (primary N) is 1. The molecule has 1 saturated carbocycles. The van der Waals surface area contributed by atoms with E-state index in [1.807, 2.05) is 26.0 Å². The Morgan fingerprint density at radius 1 is 1.24 bits per heavy atom. The molecule has 0 bridgehead atoms. The van der Waals surface area contributed by atoms with Gasteiger partial charge < -0.3 is 10.5 Å². The molecule has 0 saturated heterocycles. The Morgan fingerprint density at radius 3 is 2.57 bits per heavy atom. The monoisotopic (exact) mass is 307 g/mol. The quantitative estimate of drug-likeness (QED) is 0.821. The first-order valence-corrected chi connectivity index (χ1v) is 9.23. The third-order valence-electron chi connectivity index (χ3n) is 4.08. The van der Waals surface area contributed by atoms with Gasteiger partial charge in [0.05, 0.1) is 6.10 Å².